The second kappa shape index (κ2) is 8.19. The molecular weight excluding hydrogens is 455 g/mol. The van der Waals surface area contributed by atoms with Crippen molar-refractivity contribution in [3.8, 4) is 5.75 Å². The van der Waals surface area contributed by atoms with E-state index in [-0.39, 0.29) is 36.0 Å². The van der Waals surface area contributed by atoms with Gasteiger partial charge in [0.2, 0.25) is 15.8 Å². The SMILES string of the molecule is Cc1cc(F)cc(S(=O)(=O)N2CCC2)c1CNC(=O)c1nc2n(c(=O)c1O)CCOC2(C)C. The van der Waals surface area contributed by atoms with Crippen LogP contribution in [-0.2, 0) is 33.5 Å². The van der Waals surface area contributed by atoms with E-state index in [0.717, 1.165) is 12.5 Å². The van der Waals surface area contributed by atoms with Gasteiger partial charge in [-0.25, -0.2) is 17.8 Å². The van der Waals surface area contributed by atoms with E-state index in [1.807, 2.05) is 0 Å². The van der Waals surface area contributed by atoms with Gasteiger partial charge in [0.1, 0.15) is 17.2 Å². The van der Waals surface area contributed by atoms with Crippen LogP contribution in [0, 0.1) is 12.7 Å². The zero-order valence-corrected chi connectivity index (χ0v) is 19.3. The molecule has 1 amide bonds. The number of hydrogen-bond acceptors (Lipinski definition) is 7. The molecule has 10 nitrogen and oxygen atoms in total. The number of aromatic nitrogens is 2. The highest BCUT2D eigenvalue weighted by Crippen LogP contribution is 2.29. The van der Waals surface area contributed by atoms with Crippen LogP contribution >= 0.6 is 0 Å². The number of sulfonamides is 1. The normalized spacial score (nSPS) is 17.8. The smallest absolute Gasteiger partial charge is 0.296 e. The number of amides is 1. The fourth-order valence-electron chi connectivity index (χ4n) is 3.94. The second-order valence-corrected chi connectivity index (χ2v) is 10.5. The standard InChI is InChI=1S/C21H25FN4O6S/c1-12-9-13(22)10-15(33(30,31)25-5-4-6-25)14(12)11-23-18(28)16-17(27)19(29)26-7-8-32-21(2,3)20(26)24-16/h9-10,27H,4-8,11H2,1-3H3,(H,23,28). The predicted molar refractivity (Wildman–Crippen MR) is 115 cm³/mol. The van der Waals surface area contributed by atoms with E-state index in [2.05, 4.69) is 10.3 Å². The lowest BCUT2D eigenvalue weighted by atomic mass is 10.1. The van der Waals surface area contributed by atoms with Crippen molar-refractivity contribution in [1.29, 1.82) is 0 Å². The first-order chi connectivity index (χ1) is 15.4. The first-order valence-electron chi connectivity index (χ1n) is 10.5. The van der Waals surface area contributed by atoms with Crippen molar-refractivity contribution in [3.63, 3.8) is 0 Å². The summed E-state index contributed by atoms with van der Waals surface area (Å²) in [6.07, 6.45) is 0.721. The van der Waals surface area contributed by atoms with E-state index in [0.29, 0.717) is 18.7 Å². The summed E-state index contributed by atoms with van der Waals surface area (Å²) in [6, 6.07) is 2.11. The average molecular weight is 481 g/mol. The van der Waals surface area contributed by atoms with Gasteiger partial charge in [-0.2, -0.15) is 4.31 Å². The maximum Gasteiger partial charge on any atom is 0.296 e. The summed E-state index contributed by atoms with van der Waals surface area (Å²) in [5.74, 6) is -2.18. The molecular formula is C21H25FN4O6S. The van der Waals surface area contributed by atoms with Gasteiger partial charge in [0.15, 0.2) is 5.69 Å². The summed E-state index contributed by atoms with van der Waals surface area (Å²) in [4.78, 5) is 29.4. The van der Waals surface area contributed by atoms with Gasteiger partial charge in [0.05, 0.1) is 18.0 Å². The van der Waals surface area contributed by atoms with Crippen molar-refractivity contribution in [2.24, 2.45) is 0 Å². The van der Waals surface area contributed by atoms with Crippen LogP contribution < -0.4 is 10.9 Å². The molecule has 2 aliphatic rings. The van der Waals surface area contributed by atoms with Crippen LogP contribution in [0.5, 0.6) is 5.75 Å². The maximum absolute atomic E-state index is 14.1. The van der Waals surface area contributed by atoms with E-state index in [1.165, 1.54) is 14.9 Å². The van der Waals surface area contributed by atoms with E-state index in [9.17, 15) is 27.5 Å². The summed E-state index contributed by atoms with van der Waals surface area (Å²) in [5.41, 5.74) is -1.65. The number of nitrogens with zero attached hydrogens (tertiary/aromatic N) is 3. The molecule has 1 aromatic carbocycles. The minimum atomic E-state index is -3.93. The third-order valence-corrected chi connectivity index (χ3v) is 7.90. The zero-order valence-electron chi connectivity index (χ0n) is 18.5. The molecule has 0 spiro atoms. The molecule has 2 N–H and O–H groups in total. The lowest BCUT2D eigenvalue weighted by molar-refractivity contribution is -0.0566. The number of halogens is 1. The number of nitrogens with one attached hydrogen (secondary N) is 1. The van der Waals surface area contributed by atoms with Crippen LogP contribution in [0.15, 0.2) is 21.8 Å². The van der Waals surface area contributed by atoms with Crippen molar-refractivity contribution in [1.82, 2.24) is 19.2 Å². The largest absolute Gasteiger partial charge is 0.501 e. The van der Waals surface area contributed by atoms with Crippen LogP contribution in [-0.4, -0.2) is 53.0 Å². The number of aromatic hydroxyl groups is 1. The minimum absolute atomic E-state index is 0.187. The lowest BCUT2D eigenvalue weighted by Crippen LogP contribution is -2.43. The van der Waals surface area contributed by atoms with Gasteiger partial charge in [0.25, 0.3) is 11.5 Å². The van der Waals surface area contributed by atoms with Gasteiger partial charge < -0.3 is 15.2 Å². The van der Waals surface area contributed by atoms with Crippen LogP contribution in [0.2, 0.25) is 0 Å². The molecule has 0 bridgehead atoms. The predicted octanol–water partition coefficient (Wildman–Crippen LogP) is 0.986. The number of fused-ring (bicyclic) bond motifs is 1. The van der Waals surface area contributed by atoms with Gasteiger partial charge in [-0.15, -0.1) is 0 Å². The highest BCUT2D eigenvalue weighted by Gasteiger charge is 2.35. The lowest BCUT2D eigenvalue weighted by Gasteiger charge is -2.32. The van der Waals surface area contributed by atoms with E-state index < -0.39 is 44.4 Å². The Kier molecular flexibility index (Phi) is 5.79. The molecule has 4 rings (SSSR count). The monoisotopic (exact) mass is 480 g/mol. The summed E-state index contributed by atoms with van der Waals surface area (Å²) < 4.78 is 48.0. The number of benzene rings is 1. The van der Waals surface area contributed by atoms with Crippen LogP contribution in [0.1, 0.15) is 47.7 Å². The molecule has 12 heteroatoms. The highest BCUT2D eigenvalue weighted by molar-refractivity contribution is 7.89. The van der Waals surface area contributed by atoms with E-state index in [4.69, 9.17) is 4.74 Å². The van der Waals surface area contributed by atoms with Crippen LogP contribution in [0.4, 0.5) is 4.39 Å². The number of hydrogen-bond donors (Lipinski definition) is 2. The Labute approximate surface area is 190 Å². The summed E-state index contributed by atoms with van der Waals surface area (Å²) >= 11 is 0. The number of ether oxygens (including phenoxy) is 1. The number of carbonyl (C=O) groups excluding carboxylic acids is 1. The van der Waals surface area contributed by atoms with Gasteiger partial charge >= 0.3 is 0 Å². The van der Waals surface area contributed by atoms with E-state index >= 15 is 0 Å². The Morgan fingerprint density at radius 1 is 1.30 bits per heavy atom. The summed E-state index contributed by atoms with van der Waals surface area (Å²) in [5, 5.41) is 12.8. The van der Waals surface area contributed by atoms with Crippen molar-refractivity contribution in [2.75, 3.05) is 19.7 Å². The molecule has 1 saturated heterocycles. The first kappa shape index (κ1) is 23.3. The van der Waals surface area contributed by atoms with Gasteiger partial charge in [-0.1, -0.05) is 0 Å². The molecule has 0 unspecified atom stereocenters. The summed E-state index contributed by atoms with van der Waals surface area (Å²) in [6.45, 7) is 5.79. The fraction of sp³-hybridized carbons (Fsp3) is 0.476. The Morgan fingerprint density at radius 2 is 2.00 bits per heavy atom. The first-order valence-corrected chi connectivity index (χ1v) is 11.9. The number of carbonyl (C=O) groups is 1. The second-order valence-electron chi connectivity index (χ2n) is 8.59. The summed E-state index contributed by atoms with van der Waals surface area (Å²) in [7, 11) is -3.93. The third-order valence-electron chi connectivity index (χ3n) is 5.93. The number of rotatable bonds is 5. The van der Waals surface area contributed by atoms with Gasteiger partial charge in [-0.3, -0.25) is 14.2 Å². The molecule has 33 heavy (non-hydrogen) atoms. The Morgan fingerprint density at radius 3 is 2.64 bits per heavy atom. The van der Waals surface area contributed by atoms with Gasteiger partial charge in [-0.05, 0) is 50.5 Å². The minimum Gasteiger partial charge on any atom is -0.501 e. The fourth-order valence-corrected chi connectivity index (χ4v) is 5.77. The Bertz CT molecular complexity index is 1300. The highest BCUT2D eigenvalue weighted by atomic mass is 32.2. The number of aryl methyl sites for hydroxylation is 1. The Hall–Kier alpha value is -2.83. The van der Waals surface area contributed by atoms with Crippen LogP contribution in [0.3, 0.4) is 0 Å². The molecule has 3 heterocycles. The topological polar surface area (TPSA) is 131 Å². The van der Waals surface area contributed by atoms with E-state index in [1.54, 1.807) is 20.8 Å². The third kappa shape index (κ3) is 4.02. The van der Waals surface area contributed by atoms with Crippen molar-refractivity contribution in [3.05, 3.63) is 50.9 Å². The molecule has 2 aliphatic heterocycles. The molecule has 0 aliphatic carbocycles. The Balaban J connectivity index is 1.67. The molecule has 2 aromatic rings. The average Bonchev–Trinajstić information content (AvgIpc) is 2.67. The van der Waals surface area contributed by atoms with Crippen molar-refractivity contribution < 1.29 is 27.4 Å². The maximum atomic E-state index is 14.1. The van der Waals surface area contributed by atoms with Crippen LogP contribution in [0.25, 0.3) is 0 Å². The zero-order chi connectivity index (χ0) is 24.1. The molecule has 1 fully saturated rings. The van der Waals surface area contributed by atoms with Gasteiger partial charge in [0, 0.05) is 19.6 Å². The van der Waals surface area contributed by atoms with Crippen molar-refractivity contribution >= 4 is 15.9 Å². The molecule has 178 valence electrons. The molecule has 0 atom stereocenters. The molecule has 0 saturated carbocycles. The molecule has 0 radical (unpaired) electrons. The quantitative estimate of drug-likeness (QED) is 0.652. The molecule has 1 aromatic heterocycles. The van der Waals surface area contributed by atoms with Crippen molar-refractivity contribution in [2.45, 2.75) is 50.8 Å².